The van der Waals surface area contributed by atoms with Gasteiger partial charge in [-0.25, -0.2) is 0 Å². The van der Waals surface area contributed by atoms with Gasteiger partial charge in [0.2, 0.25) is 5.95 Å². The first kappa shape index (κ1) is 9.24. The molecule has 0 bridgehead atoms. The van der Waals surface area contributed by atoms with Crippen molar-refractivity contribution in [1.82, 2.24) is 15.2 Å². The Bertz CT molecular complexity index is 330. The maximum atomic E-state index is 4.42. The van der Waals surface area contributed by atoms with Crippen molar-refractivity contribution < 1.29 is 0 Å². The van der Waals surface area contributed by atoms with Crippen LogP contribution in [0.15, 0.2) is 5.57 Å². The Morgan fingerprint density at radius 1 is 1.36 bits per heavy atom. The predicted molar refractivity (Wildman–Crippen MR) is 57.2 cm³/mol. The number of rotatable bonds is 2. The Morgan fingerprint density at radius 3 is 2.71 bits per heavy atom. The van der Waals surface area contributed by atoms with Crippen LogP contribution in [0, 0.1) is 0 Å². The van der Waals surface area contributed by atoms with E-state index in [1.165, 1.54) is 18.4 Å². The Hall–Kier alpha value is -1.32. The summed E-state index contributed by atoms with van der Waals surface area (Å²) < 4.78 is 0. The minimum absolute atomic E-state index is 0.843. The number of anilines is 1. The van der Waals surface area contributed by atoms with Crippen molar-refractivity contribution in [2.45, 2.75) is 26.7 Å². The molecule has 1 aromatic rings. The molecule has 1 saturated heterocycles. The van der Waals surface area contributed by atoms with E-state index >= 15 is 0 Å². The summed E-state index contributed by atoms with van der Waals surface area (Å²) in [4.78, 5) is 6.64. The van der Waals surface area contributed by atoms with Crippen LogP contribution in [0.3, 0.4) is 0 Å². The molecule has 4 nitrogen and oxygen atoms in total. The van der Waals surface area contributed by atoms with Crippen LogP contribution in [-0.4, -0.2) is 28.3 Å². The highest BCUT2D eigenvalue weighted by Crippen LogP contribution is 2.15. The van der Waals surface area contributed by atoms with Crippen LogP contribution < -0.4 is 4.90 Å². The lowest BCUT2D eigenvalue weighted by atomic mass is 10.3. The molecular weight excluding hydrogens is 176 g/mol. The van der Waals surface area contributed by atoms with Crippen LogP contribution in [0.5, 0.6) is 0 Å². The van der Waals surface area contributed by atoms with Crippen molar-refractivity contribution in [1.29, 1.82) is 0 Å². The molecule has 76 valence electrons. The molecule has 0 atom stereocenters. The molecule has 2 rings (SSSR count). The molecule has 0 spiro atoms. The van der Waals surface area contributed by atoms with Crippen LogP contribution in [0.2, 0.25) is 0 Å². The molecule has 0 unspecified atom stereocenters. The molecule has 1 N–H and O–H groups in total. The number of nitrogens with one attached hydrogen (secondary N) is 1. The normalized spacial score (nSPS) is 16.0. The zero-order valence-corrected chi connectivity index (χ0v) is 8.75. The van der Waals surface area contributed by atoms with Gasteiger partial charge in [0.1, 0.15) is 5.82 Å². The Balaban J connectivity index is 2.13. The van der Waals surface area contributed by atoms with Crippen LogP contribution in [-0.2, 0) is 0 Å². The molecule has 0 amide bonds. The van der Waals surface area contributed by atoms with Crippen molar-refractivity contribution >= 4 is 12.0 Å². The van der Waals surface area contributed by atoms with Gasteiger partial charge in [-0.1, -0.05) is 5.57 Å². The molecule has 0 radical (unpaired) electrons. The number of nitrogens with zero attached hydrogens (tertiary/aromatic N) is 3. The number of hydrogen-bond donors (Lipinski definition) is 1. The van der Waals surface area contributed by atoms with Crippen molar-refractivity contribution in [3.63, 3.8) is 0 Å². The van der Waals surface area contributed by atoms with Gasteiger partial charge in [-0.05, 0) is 32.8 Å². The first-order valence-electron chi connectivity index (χ1n) is 5.08. The van der Waals surface area contributed by atoms with Gasteiger partial charge in [0, 0.05) is 13.1 Å². The highest BCUT2D eigenvalue weighted by atomic mass is 15.4. The molecule has 1 fully saturated rings. The molecule has 0 aromatic carbocycles. The van der Waals surface area contributed by atoms with E-state index in [0.717, 1.165) is 24.9 Å². The average Bonchev–Trinajstić information content (AvgIpc) is 2.69. The molecule has 1 aliphatic rings. The largest absolute Gasteiger partial charge is 0.340 e. The highest BCUT2D eigenvalue weighted by molar-refractivity contribution is 5.46. The molecule has 0 aliphatic carbocycles. The quantitative estimate of drug-likeness (QED) is 0.777. The third-order valence-electron chi connectivity index (χ3n) is 2.31. The van der Waals surface area contributed by atoms with Crippen LogP contribution in [0.1, 0.15) is 32.5 Å². The summed E-state index contributed by atoms with van der Waals surface area (Å²) in [5, 5.41) is 7.13. The maximum absolute atomic E-state index is 4.42. The molecule has 1 aliphatic heterocycles. The average molecular weight is 192 g/mol. The lowest BCUT2D eigenvalue weighted by Crippen LogP contribution is -2.18. The lowest BCUT2D eigenvalue weighted by Gasteiger charge is -2.10. The van der Waals surface area contributed by atoms with E-state index in [2.05, 4.69) is 33.9 Å². The van der Waals surface area contributed by atoms with E-state index < -0.39 is 0 Å². The van der Waals surface area contributed by atoms with Gasteiger partial charge in [-0.3, -0.25) is 5.10 Å². The van der Waals surface area contributed by atoms with Gasteiger partial charge in [0.15, 0.2) is 0 Å². The first-order valence-corrected chi connectivity index (χ1v) is 5.08. The smallest absolute Gasteiger partial charge is 0.244 e. The summed E-state index contributed by atoms with van der Waals surface area (Å²) in [6, 6.07) is 0. The lowest BCUT2D eigenvalue weighted by molar-refractivity contribution is 0.903. The molecule has 4 heteroatoms. The second kappa shape index (κ2) is 3.82. The van der Waals surface area contributed by atoms with Gasteiger partial charge in [0.25, 0.3) is 0 Å². The van der Waals surface area contributed by atoms with Crippen LogP contribution in [0.25, 0.3) is 6.08 Å². The summed E-state index contributed by atoms with van der Waals surface area (Å²) >= 11 is 0. The summed E-state index contributed by atoms with van der Waals surface area (Å²) in [6.07, 6.45) is 4.52. The summed E-state index contributed by atoms with van der Waals surface area (Å²) in [7, 11) is 0. The summed E-state index contributed by atoms with van der Waals surface area (Å²) in [5.74, 6) is 1.70. The van der Waals surface area contributed by atoms with E-state index in [-0.39, 0.29) is 0 Å². The fourth-order valence-corrected chi connectivity index (χ4v) is 1.66. The third kappa shape index (κ3) is 1.95. The van der Waals surface area contributed by atoms with Gasteiger partial charge in [-0.2, -0.15) is 4.98 Å². The van der Waals surface area contributed by atoms with Crippen LogP contribution in [0.4, 0.5) is 5.95 Å². The molecule has 0 saturated carbocycles. The number of allylic oxidation sites excluding steroid dienone is 1. The second-order valence-electron chi connectivity index (χ2n) is 3.94. The summed E-state index contributed by atoms with van der Waals surface area (Å²) in [5.41, 5.74) is 1.23. The maximum Gasteiger partial charge on any atom is 0.244 e. The zero-order chi connectivity index (χ0) is 9.97. The number of aromatic nitrogens is 3. The first-order chi connectivity index (χ1) is 6.75. The molecule has 14 heavy (non-hydrogen) atoms. The molecule has 2 heterocycles. The third-order valence-corrected chi connectivity index (χ3v) is 2.31. The molecular formula is C10H16N4. The van der Waals surface area contributed by atoms with E-state index in [4.69, 9.17) is 0 Å². The van der Waals surface area contributed by atoms with E-state index in [1.54, 1.807) is 0 Å². The van der Waals surface area contributed by atoms with Gasteiger partial charge in [-0.15, -0.1) is 5.10 Å². The zero-order valence-electron chi connectivity index (χ0n) is 8.75. The Morgan fingerprint density at radius 2 is 2.07 bits per heavy atom. The van der Waals surface area contributed by atoms with Crippen LogP contribution >= 0.6 is 0 Å². The second-order valence-corrected chi connectivity index (χ2v) is 3.94. The number of H-pyrrole nitrogens is 1. The number of aromatic amines is 1. The standard InChI is InChI=1S/C10H16N4/c1-8(2)7-9-11-10(13-12-9)14-5-3-4-6-14/h7H,3-6H2,1-2H3,(H,11,12,13). The monoisotopic (exact) mass is 192 g/mol. The van der Waals surface area contributed by atoms with Crippen molar-refractivity contribution in [3.05, 3.63) is 11.4 Å². The highest BCUT2D eigenvalue weighted by Gasteiger charge is 2.15. The van der Waals surface area contributed by atoms with E-state index in [0.29, 0.717) is 0 Å². The minimum atomic E-state index is 0.843. The molecule has 1 aromatic heterocycles. The van der Waals surface area contributed by atoms with E-state index in [1.807, 2.05) is 6.08 Å². The number of hydrogen-bond acceptors (Lipinski definition) is 3. The summed E-state index contributed by atoms with van der Waals surface area (Å²) in [6.45, 7) is 6.29. The topological polar surface area (TPSA) is 44.8 Å². The fourth-order valence-electron chi connectivity index (χ4n) is 1.66. The van der Waals surface area contributed by atoms with Gasteiger partial charge < -0.3 is 4.90 Å². The minimum Gasteiger partial charge on any atom is -0.340 e. The van der Waals surface area contributed by atoms with Crippen molar-refractivity contribution in [3.8, 4) is 0 Å². The van der Waals surface area contributed by atoms with Gasteiger partial charge in [0.05, 0.1) is 0 Å². The van der Waals surface area contributed by atoms with Crippen molar-refractivity contribution in [2.24, 2.45) is 0 Å². The fraction of sp³-hybridized carbons (Fsp3) is 0.600. The Labute approximate surface area is 84.0 Å². The predicted octanol–water partition coefficient (Wildman–Crippen LogP) is 1.83. The SMILES string of the molecule is CC(C)=Cc1nc(N2CCCC2)n[nH]1. The van der Waals surface area contributed by atoms with Crippen molar-refractivity contribution in [2.75, 3.05) is 18.0 Å². The van der Waals surface area contributed by atoms with E-state index in [9.17, 15) is 0 Å². The van der Waals surface area contributed by atoms with Gasteiger partial charge >= 0.3 is 0 Å². The Kier molecular flexibility index (Phi) is 2.52.